The third-order valence-corrected chi connectivity index (χ3v) is 2.71. The van der Waals surface area contributed by atoms with Crippen LogP contribution in [0.5, 0.6) is 0 Å². The van der Waals surface area contributed by atoms with E-state index in [4.69, 9.17) is 4.74 Å². The van der Waals surface area contributed by atoms with Crippen LogP contribution in [-0.4, -0.2) is 50.7 Å². The third kappa shape index (κ3) is 2.97. The van der Waals surface area contributed by atoms with Gasteiger partial charge in [-0.15, -0.1) is 10.2 Å². The van der Waals surface area contributed by atoms with Crippen molar-refractivity contribution in [2.45, 2.75) is 25.0 Å². The minimum atomic E-state index is -0.652. The summed E-state index contributed by atoms with van der Waals surface area (Å²) in [4.78, 5) is 1.42. The number of tetrazole rings is 1. The highest BCUT2D eigenvalue weighted by atomic mass is 16.5. The van der Waals surface area contributed by atoms with E-state index < -0.39 is 5.60 Å². The monoisotopic (exact) mass is 227 g/mol. The van der Waals surface area contributed by atoms with Crippen LogP contribution in [0.2, 0.25) is 0 Å². The van der Waals surface area contributed by atoms with Gasteiger partial charge in [0.15, 0.2) is 5.82 Å². The van der Waals surface area contributed by atoms with Gasteiger partial charge in [0.2, 0.25) is 0 Å². The Labute approximate surface area is 93.8 Å². The van der Waals surface area contributed by atoms with Crippen molar-refractivity contribution in [3.05, 3.63) is 5.82 Å². The molecule has 7 heteroatoms. The Hall–Kier alpha value is -1.05. The standard InChI is InChI=1S/C9H17N5O2/c1-14-12-8(11-13-14)6-10-7-9(15)2-4-16-5-3-9/h10,15H,2-7H2,1H3. The van der Waals surface area contributed by atoms with Crippen molar-refractivity contribution in [3.63, 3.8) is 0 Å². The maximum Gasteiger partial charge on any atom is 0.188 e. The van der Waals surface area contributed by atoms with Crippen LogP contribution in [0.3, 0.4) is 0 Å². The number of rotatable bonds is 4. The van der Waals surface area contributed by atoms with E-state index in [0.29, 0.717) is 45.0 Å². The molecule has 0 amide bonds. The van der Waals surface area contributed by atoms with Crippen LogP contribution in [0, 0.1) is 0 Å². The van der Waals surface area contributed by atoms with E-state index in [1.54, 1.807) is 7.05 Å². The maximum atomic E-state index is 10.2. The molecule has 2 heterocycles. The lowest BCUT2D eigenvalue weighted by Crippen LogP contribution is -2.44. The Morgan fingerprint density at radius 3 is 2.88 bits per heavy atom. The molecule has 1 aliphatic rings. The van der Waals surface area contributed by atoms with Crippen molar-refractivity contribution >= 4 is 0 Å². The molecule has 0 aromatic carbocycles. The summed E-state index contributed by atoms with van der Waals surface area (Å²) in [5.74, 6) is 0.637. The van der Waals surface area contributed by atoms with Crippen LogP contribution in [0.15, 0.2) is 0 Å². The molecule has 1 aromatic heterocycles. The molecule has 0 unspecified atom stereocenters. The van der Waals surface area contributed by atoms with Gasteiger partial charge < -0.3 is 15.2 Å². The summed E-state index contributed by atoms with van der Waals surface area (Å²) in [7, 11) is 1.72. The number of aromatic nitrogens is 4. The van der Waals surface area contributed by atoms with Crippen molar-refractivity contribution in [1.82, 2.24) is 25.5 Å². The lowest BCUT2D eigenvalue weighted by molar-refractivity contribution is -0.0617. The SMILES string of the molecule is Cn1nnc(CNCC2(O)CCOCC2)n1. The van der Waals surface area contributed by atoms with E-state index >= 15 is 0 Å². The van der Waals surface area contributed by atoms with Crippen molar-refractivity contribution in [1.29, 1.82) is 0 Å². The molecule has 7 nitrogen and oxygen atoms in total. The largest absolute Gasteiger partial charge is 0.388 e. The molecule has 0 saturated carbocycles. The van der Waals surface area contributed by atoms with Crippen LogP contribution in [0.4, 0.5) is 0 Å². The van der Waals surface area contributed by atoms with E-state index in [1.807, 2.05) is 0 Å². The number of hydrogen-bond donors (Lipinski definition) is 2. The molecule has 2 N–H and O–H groups in total. The number of hydrogen-bond acceptors (Lipinski definition) is 6. The highest BCUT2D eigenvalue weighted by Gasteiger charge is 2.29. The van der Waals surface area contributed by atoms with Crippen LogP contribution in [0.25, 0.3) is 0 Å². The highest BCUT2D eigenvalue weighted by Crippen LogP contribution is 2.19. The molecule has 1 aromatic rings. The molecule has 90 valence electrons. The van der Waals surface area contributed by atoms with Crippen LogP contribution in [0.1, 0.15) is 18.7 Å². The number of aryl methyl sites for hydroxylation is 1. The second-order valence-corrected chi connectivity index (χ2v) is 4.14. The van der Waals surface area contributed by atoms with Crippen LogP contribution in [-0.2, 0) is 18.3 Å². The van der Waals surface area contributed by atoms with Gasteiger partial charge >= 0.3 is 0 Å². The van der Waals surface area contributed by atoms with Gasteiger partial charge in [0.1, 0.15) is 0 Å². The molecule has 0 bridgehead atoms. The first-order valence-electron chi connectivity index (χ1n) is 5.42. The number of aliphatic hydroxyl groups is 1. The van der Waals surface area contributed by atoms with Crippen molar-refractivity contribution < 1.29 is 9.84 Å². The number of nitrogens with zero attached hydrogens (tertiary/aromatic N) is 4. The Morgan fingerprint density at radius 2 is 2.25 bits per heavy atom. The van der Waals surface area contributed by atoms with Crippen LogP contribution < -0.4 is 5.32 Å². The van der Waals surface area contributed by atoms with E-state index in [9.17, 15) is 5.11 Å². The maximum absolute atomic E-state index is 10.2. The summed E-state index contributed by atoms with van der Waals surface area (Å²) in [6.45, 7) is 2.31. The Kier molecular flexibility index (Phi) is 3.47. The Morgan fingerprint density at radius 1 is 1.50 bits per heavy atom. The minimum Gasteiger partial charge on any atom is -0.388 e. The van der Waals surface area contributed by atoms with Gasteiger partial charge in [0.05, 0.1) is 19.2 Å². The molecule has 0 aliphatic carbocycles. The number of nitrogens with one attached hydrogen (secondary N) is 1. The van der Waals surface area contributed by atoms with E-state index in [2.05, 4.69) is 20.7 Å². The Bertz CT molecular complexity index is 334. The van der Waals surface area contributed by atoms with Gasteiger partial charge in [0.25, 0.3) is 0 Å². The van der Waals surface area contributed by atoms with Crippen LogP contribution >= 0.6 is 0 Å². The molecule has 0 radical (unpaired) electrons. The van der Waals surface area contributed by atoms with Gasteiger partial charge in [-0.05, 0) is 5.21 Å². The fourth-order valence-corrected chi connectivity index (χ4v) is 1.73. The molecule has 0 spiro atoms. The van der Waals surface area contributed by atoms with E-state index in [1.165, 1.54) is 4.80 Å². The summed E-state index contributed by atoms with van der Waals surface area (Å²) in [6.07, 6.45) is 1.35. The molecular formula is C9H17N5O2. The minimum absolute atomic E-state index is 0.525. The fraction of sp³-hybridized carbons (Fsp3) is 0.889. The summed E-state index contributed by atoms with van der Waals surface area (Å²) < 4.78 is 5.21. The average Bonchev–Trinajstić information content (AvgIpc) is 2.65. The number of ether oxygens (including phenoxy) is 1. The fourth-order valence-electron chi connectivity index (χ4n) is 1.73. The second kappa shape index (κ2) is 4.86. The van der Waals surface area contributed by atoms with Gasteiger partial charge in [-0.1, -0.05) is 0 Å². The third-order valence-electron chi connectivity index (χ3n) is 2.71. The van der Waals surface area contributed by atoms with E-state index in [-0.39, 0.29) is 0 Å². The normalized spacial score (nSPS) is 19.9. The lowest BCUT2D eigenvalue weighted by atomic mass is 9.94. The van der Waals surface area contributed by atoms with Crippen molar-refractivity contribution in [2.24, 2.45) is 7.05 Å². The average molecular weight is 227 g/mol. The summed E-state index contributed by atoms with van der Waals surface area (Å²) in [6, 6.07) is 0. The lowest BCUT2D eigenvalue weighted by Gasteiger charge is -2.32. The summed E-state index contributed by atoms with van der Waals surface area (Å²) in [5, 5.41) is 24.9. The first-order valence-corrected chi connectivity index (χ1v) is 5.42. The Balaban J connectivity index is 1.74. The van der Waals surface area contributed by atoms with Gasteiger partial charge in [0, 0.05) is 32.6 Å². The first-order chi connectivity index (χ1) is 7.68. The second-order valence-electron chi connectivity index (χ2n) is 4.14. The smallest absolute Gasteiger partial charge is 0.188 e. The zero-order valence-electron chi connectivity index (χ0n) is 9.39. The predicted molar refractivity (Wildman–Crippen MR) is 55.5 cm³/mol. The van der Waals surface area contributed by atoms with Crippen molar-refractivity contribution in [3.8, 4) is 0 Å². The molecule has 16 heavy (non-hydrogen) atoms. The first kappa shape index (κ1) is 11.4. The molecule has 0 atom stereocenters. The zero-order chi connectivity index (χ0) is 11.4. The van der Waals surface area contributed by atoms with Gasteiger partial charge in [-0.25, -0.2) is 0 Å². The van der Waals surface area contributed by atoms with Crippen molar-refractivity contribution in [2.75, 3.05) is 19.8 Å². The van der Waals surface area contributed by atoms with E-state index in [0.717, 1.165) is 0 Å². The van der Waals surface area contributed by atoms with Gasteiger partial charge in [-0.3, -0.25) is 0 Å². The highest BCUT2D eigenvalue weighted by molar-refractivity contribution is 4.85. The molecule has 1 saturated heterocycles. The zero-order valence-corrected chi connectivity index (χ0v) is 9.39. The summed E-state index contributed by atoms with van der Waals surface area (Å²) >= 11 is 0. The predicted octanol–water partition coefficient (Wildman–Crippen LogP) is -1.16. The molecule has 1 aliphatic heterocycles. The molecule has 2 rings (SSSR count). The quantitative estimate of drug-likeness (QED) is 0.675. The van der Waals surface area contributed by atoms with Gasteiger partial charge in [-0.2, -0.15) is 4.80 Å². The molecule has 1 fully saturated rings. The molecular weight excluding hydrogens is 210 g/mol. The summed E-state index contributed by atoms with van der Waals surface area (Å²) in [5.41, 5.74) is -0.652. The topological polar surface area (TPSA) is 85.1 Å².